The van der Waals surface area contributed by atoms with Crippen molar-refractivity contribution in [2.75, 3.05) is 19.8 Å². The highest BCUT2D eigenvalue weighted by Gasteiger charge is 2.19. The van der Waals surface area contributed by atoms with Gasteiger partial charge in [-0.05, 0) is 118 Å². The third-order valence-electron chi connectivity index (χ3n) is 12.7. The molecule has 0 aromatic carbocycles. The maximum absolute atomic E-state index is 5.45. The van der Waals surface area contributed by atoms with Crippen LogP contribution in [0.1, 0.15) is 175 Å². The van der Waals surface area contributed by atoms with Crippen LogP contribution in [0, 0.1) is 0 Å². The number of ether oxygens (including phenoxy) is 3. The molecule has 0 fully saturated rings. The van der Waals surface area contributed by atoms with Crippen LogP contribution in [-0.2, 0) is 19.3 Å². The molecule has 0 saturated heterocycles. The fourth-order valence-corrected chi connectivity index (χ4v) is 9.25. The molecule has 0 radical (unpaired) electrons. The Morgan fingerprint density at radius 1 is 0.521 bits per heavy atom. The number of allylic oxidation sites excluding steroid dienone is 1. The summed E-state index contributed by atoms with van der Waals surface area (Å²) in [5, 5.41) is 4.57. The third kappa shape index (κ3) is 14.3. The number of thiophene rings is 1. The monoisotopic (exact) mass is 1000 g/mol. The van der Waals surface area contributed by atoms with Crippen molar-refractivity contribution >= 4 is 50.5 Å². The third-order valence-corrected chi connectivity index (χ3v) is 13.5. The fourth-order valence-electron chi connectivity index (χ4n) is 8.46. The van der Waals surface area contributed by atoms with Crippen molar-refractivity contribution < 1.29 is 18.6 Å². The van der Waals surface area contributed by atoms with Crippen LogP contribution >= 0.6 is 11.3 Å². The van der Waals surface area contributed by atoms with Crippen molar-refractivity contribution in [3.8, 4) is 17.4 Å². The van der Waals surface area contributed by atoms with Gasteiger partial charge < -0.3 is 18.6 Å². The van der Waals surface area contributed by atoms with Crippen molar-refractivity contribution in [3.05, 3.63) is 160 Å². The number of rotatable bonds is 6. The van der Waals surface area contributed by atoms with Gasteiger partial charge in [0.05, 0.1) is 30.0 Å². The first kappa shape index (κ1) is 54.0. The van der Waals surface area contributed by atoms with Crippen molar-refractivity contribution in [1.82, 2.24) is 29.9 Å². The summed E-state index contributed by atoms with van der Waals surface area (Å²) in [5.41, 5.74) is 13.4. The minimum Gasteiger partial charge on any atom is -0.493 e. The summed E-state index contributed by atoms with van der Waals surface area (Å²) in [6, 6.07) is 16.5. The SMILES string of the molecule is CC(C)c1cnc2c(c1)CC=C2.CC(C)c1cnc2c(c1)CC=N2.CC(C)c1cnc2c(c1)OCCO2.CC(C)c1nccc2c1CCO2.CC(C)c1nccc2occc12.CC(C)c1nccc2sccc12. The van der Waals surface area contributed by atoms with E-state index >= 15 is 0 Å². The lowest BCUT2D eigenvalue weighted by atomic mass is 10.0. The first-order valence-electron chi connectivity index (χ1n) is 25.8. The normalized spacial score (nSPS) is 13.3. The van der Waals surface area contributed by atoms with E-state index in [9.17, 15) is 0 Å². The summed E-state index contributed by atoms with van der Waals surface area (Å²) in [4.78, 5) is 30.1. The molecule has 0 unspecified atom stereocenters. The Labute approximate surface area is 436 Å². The molecule has 0 spiro atoms. The molecule has 11 nitrogen and oxygen atoms in total. The maximum Gasteiger partial charge on any atom is 0.257 e. The number of fused-ring (bicyclic) bond motifs is 6. The second kappa shape index (κ2) is 25.7. The Morgan fingerprint density at radius 2 is 1.14 bits per heavy atom. The molecule has 0 N–H and O–H groups in total. The number of aliphatic imine (C=N–C) groups is 1. The molecule has 382 valence electrons. The molecule has 1 aliphatic carbocycles. The lowest BCUT2D eigenvalue weighted by Gasteiger charge is -2.18. The average Bonchev–Trinajstić information content (AvgIpc) is 4.26. The van der Waals surface area contributed by atoms with Crippen molar-refractivity contribution in [2.24, 2.45) is 4.99 Å². The molecule has 12 heteroatoms. The predicted molar refractivity (Wildman–Crippen MR) is 300 cm³/mol. The highest BCUT2D eigenvalue weighted by atomic mass is 32.1. The second-order valence-corrected chi connectivity index (χ2v) is 21.2. The molecule has 3 aliphatic heterocycles. The zero-order valence-electron chi connectivity index (χ0n) is 44.8. The Hall–Kier alpha value is -6.79. The highest BCUT2D eigenvalue weighted by Crippen LogP contribution is 2.32. The molecule has 8 aromatic rings. The number of hydrogen-bond donors (Lipinski definition) is 0. The van der Waals surface area contributed by atoms with Crippen LogP contribution in [-0.4, -0.2) is 55.9 Å². The van der Waals surface area contributed by atoms with Gasteiger partial charge in [-0.2, -0.15) is 0 Å². The number of nitrogens with zero attached hydrogens (tertiary/aromatic N) is 7. The van der Waals surface area contributed by atoms with Gasteiger partial charge in [-0.3, -0.25) is 19.9 Å². The van der Waals surface area contributed by atoms with Crippen LogP contribution in [0.3, 0.4) is 0 Å². The molecule has 11 heterocycles. The number of furan rings is 1. The van der Waals surface area contributed by atoms with E-state index in [1.54, 1.807) is 23.8 Å². The van der Waals surface area contributed by atoms with Crippen molar-refractivity contribution in [3.63, 3.8) is 0 Å². The summed E-state index contributed by atoms with van der Waals surface area (Å²) in [7, 11) is 0. The van der Waals surface area contributed by atoms with E-state index in [0.29, 0.717) is 54.6 Å². The average molecular weight is 1000 g/mol. The Kier molecular flexibility index (Phi) is 19.0. The van der Waals surface area contributed by atoms with Crippen LogP contribution in [0.25, 0.3) is 27.1 Å². The van der Waals surface area contributed by atoms with E-state index < -0.39 is 0 Å². The second-order valence-electron chi connectivity index (χ2n) is 20.2. The topological polar surface area (TPSA) is 131 Å². The Balaban J connectivity index is 0.000000128. The van der Waals surface area contributed by atoms with Gasteiger partial charge in [-0.15, -0.1) is 11.3 Å². The van der Waals surface area contributed by atoms with Gasteiger partial charge in [-0.1, -0.05) is 95.2 Å². The van der Waals surface area contributed by atoms with Crippen LogP contribution in [0.5, 0.6) is 17.4 Å². The van der Waals surface area contributed by atoms with Crippen LogP contribution in [0.15, 0.2) is 113 Å². The highest BCUT2D eigenvalue weighted by molar-refractivity contribution is 7.17. The summed E-state index contributed by atoms with van der Waals surface area (Å²) in [6.07, 6.45) is 22.2. The van der Waals surface area contributed by atoms with E-state index in [2.05, 4.69) is 160 Å². The van der Waals surface area contributed by atoms with Crippen LogP contribution in [0.4, 0.5) is 5.82 Å². The quantitative estimate of drug-likeness (QED) is 0.159. The summed E-state index contributed by atoms with van der Waals surface area (Å²) < 4.78 is 22.8. The molecule has 0 saturated carbocycles. The molecular weight excluding hydrogens is 927 g/mol. The fraction of sp³-hybridized carbons (Fsp3) is 0.393. The summed E-state index contributed by atoms with van der Waals surface area (Å²) in [6.45, 7) is 28.0. The number of aromatic nitrogens is 6. The van der Waals surface area contributed by atoms with Gasteiger partial charge in [0.25, 0.3) is 5.88 Å². The van der Waals surface area contributed by atoms with E-state index in [-0.39, 0.29) is 0 Å². The molecule has 4 aliphatic rings. The first-order chi connectivity index (χ1) is 35.2. The van der Waals surface area contributed by atoms with Gasteiger partial charge in [-0.25, -0.2) is 15.0 Å². The van der Waals surface area contributed by atoms with Crippen molar-refractivity contribution in [2.45, 2.75) is 138 Å². The van der Waals surface area contributed by atoms with Crippen LogP contribution in [0.2, 0.25) is 0 Å². The van der Waals surface area contributed by atoms with Gasteiger partial charge in [0, 0.05) is 88.5 Å². The zero-order chi connectivity index (χ0) is 52.0. The smallest absolute Gasteiger partial charge is 0.257 e. The zero-order valence-corrected chi connectivity index (χ0v) is 45.7. The largest absolute Gasteiger partial charge is 0.493 e. The van der Waals surface area contributed by atoms with Crippen LogP contribution < -0.4 is 14.2 Å². The van der Waals surface area contributed by atoms with Gasteiger partial charge in [0.2, 0.25) is 0 Å². The molecule has 0 atom stereocenters. The summed E-state index contributed by atoms with van der Waals surface area (Å²) >= 11 is 1.78. The Morgan fingerprint density at radius 3 is 1.86 bits per heavy atom. The van der Waals surface area contributed by atoms with E-state index in [0.717, 1.165) is 65.5 Å². The molecule has 73 heavy (non-hydrogen) atoms. The Bertz CT molecular complexity index is 2970. The number of hydrogen-bond acceptors (Lipinski definition) is 12. The first-order valence-corrected chi connectivity index (χ1v) is 26.7. The lowest BCUT2D eigenvalue weighted by molar-refractivity contribution is 0.164. The summed E-state index contributed by atoms with van der Waals surface area (Å²) in [5.74, 6) is 6.42. The van der Waals surface area contributed by atoms with E-state index in [1.807, 2.05) is 61.5 Å². The molecule has 12 rings (SSSR count). The van der Waals surface area contributed by atoms with E-state index in [1.165, 1.54) is 54.9 Å². The molecule has 8 aromatic heterocycles. The van der Waals surface area contributed by atoms with Gasteiger partial charge in [0.1, 0.15) is 24.5 Å². The standard InChI is InChI=1S/C11H13N.C10H12N2.C10H13NO2.C10H13NO.C10H11NO.C10H11NS/c1-8(2)10-6-9-4-3-5-11(9)12-7-10;1-7(2)9-5-8-3-4-11-10(8)12-6-9;1-7(2)8-5-9-10(11-6-8)13-4-3-12-9;3*1-7(2)10-8-4-6-12-9(8)3-5-11-10/h3,5-8H,4H2,1-2H3;4-7H,3H2,1-2H3;5-7H,3-4H2,1-2H3;3,5,7H,4,6H2,1-2H3;2*3-7H,1-2H3. The van der Waals surface area contributed by atoms with E-state index in [4.69, 9.17) is 18.6 Å². The van der Waals surface area contributed by atoms with Crippen molar-refractivity contribution in [1.29, 1.82) is 0 Å². The van der Waals surface area contributed by atoms with Gasteiger partial charge in [0.15, 0.2) is 11.6 Å². The number of pyridine rings is 6. The van der Waals surface area contributed by atoms with Gasteiger partial charge >= 0.3 is 0 Å². The minimum absolute atomic E-state index is 0.450. The minimum atomic E-state index is 0.450. The lowest BCUT2D eigenvalue weighted by Crippen LogP contribution is -2.16. The molecular formula is C61H73N7O4S. The molecule has 0 bridgehead atoms. The predicted octanol–water partition coefficient (Wildman–Crippen LogP) is 15.7. The maximum atomic E-state index is 5.45. The molecule has 0 amide bonds.